The van der Waals surface area contributed by atoms with Crippen molar-refractivity contribution in [3.63, 3.8) is 0 Å². The van der Waals surface area contributed by atoms with Gasteiger partial charge in [-0.05, 0) is 30.2 Å². The number of benzene rings is 2. The van der Waals surface area contributed by atoms with Crippen LogP contribution in [0.4, 0.5) is 0 Å². The number of hydrogen-bond donors (Lipinski definition) is 2. The van der Waals surface area contributed by atoms with Crippen LogP contribution in [0, 0.1) is 0 Å². The molecule has 1 fully saturated rings. The summed E-state index contributed by atoms with van der Waals surface area (Å²) < 4.78 is 0. The molecule has 2 N–H and O–H groups in total. The topological polar surface area (TPSA) is 113 Å². The van der Waals surface area contributed by atoms with Crippen LogP contribution in [0.1, 0.15) is 49.5 Å². The van der Waals surface area contributed by atoms with Crippen LogP contribution in [0.3, 0.4) is 0 Å². The fourth-order valence-electron chi connectivity index (χ4n) is 3.41. The molecule has 8 nitrogen and oxygen atoms in total. The lowest BCUT2D eigenvalue weighted by atomic mass is 10.0. The predicted octanol–water partition coefficient (Wildman–Crippen LogP) is 1.02. The standard InChI is InChI=1S/C21H17N3O5/c25-17-9-8-16(19(27)23-17)22-18(26)13-6-7-14-15(10-13)21(29)24(20(14)28)11-12-4-2-1-3-5-12/h1-7,10,16H,8-9,11H2,(H,22,26)(H,23,25,27). The van der Waals surface area contributed by atoms with E-state index in [0.717, 1.165) is 10.5 Å². The van der Waals surface area contributed by atoms with E-state index in [1.54, 1.807) is 0 Å². The monoisotopic (exact) mass is 391 g/mol. The number of fused-ring (bicyclic) bond motifs is 1. The van der Waals surface area contributed by atoms with Gasteiger partial charge < -0.3 is 5.32 Å². The normalized spacial score (nSPS) is 18.5. The summed E-state index contributed by atoms with van der Waals surface area (Å²) in [5, 5.41) is 4.73. The van der Waals surface area contributed by atoms with E-state index in [-0.39, 0.29) is 42.0 Å². The molecule has 5 amide bonds. The van der Waals surface area contributed by atoms with Crippen molar-refractivity contribution in [3.05, 3.63) is 70.8 Å². The SMILES string of the molecule is O=C1CCC(NC(=O)c2ccc3c(c2)C(=O)N(Cc2ccccc2)C3=O)C(=O)N1. The number of nitrogens with one attached hydrogen (secondary N) is 2. The number of imide groups is 2. The molecule has 2 aliphatic heterocycles. The number of nitrogens with zero attached hydrogens (tertiary/aromatic N) is 1. The number of carbonyl (C=O) groups is 5. The Balaban J connectivity index is 1.52. The molecule has 4 rings (SSSR count). The van der Waals surface area contributed by atoms with E-state index in [4.69, 9.17) is 0 Å². The maximum absolute atomic E-state index is 12.7. The third-order valence-electron chi connectivity index (χ3n) is 4.96. The fraction of sp³-hybridized carbons (Fsp3) is 0.190. The number of carbonyl (C=O) groups excluding carboxylic acids is 5. The van der Waals surface area contributed by atoms with Gasteiger partial charge in [0.1, 0.15) is 6.04 Å². The second-order valence-corrected chi connectivity index (χ2v) is 6.92. The van der Waals surface area contributed by atoms with Gasteiger partial charge in [0.25, 0.3) is 17.7 Å². The molecule has 2 aromatic carbocycles. The number of amides is 5. The van der Waals surface area contributed by atoms with E-state index in [1.165, 1.54) is 18.2 Å². The van der Waals surface area contributed by atoms with E-state index in [0.29, 0.717) is 0 Å². The summed E-state index contributed by atoms with van der Waals surface area (Å²) in [7, 11) is 0. The first-order chi connectivity index (χ1) is 13.9. The molecule has 146 valence electrons. The number of rotatable bonds is 4. The van der Waals surface area contributed by atoms with E-state index in [9.17, 15) is 24.0 Å². The van der Waals surface area contributed by atoms with Crippen molar-refractivity contribution in [2.75, 3.05) is 0 Å². The van der Waals surface area contributed by atoms with Crippen molar-refractivity contribution in [1.29, 1.82) is 0 Å². The molecule has 8 heteroatoms. The molecule has 0 saturated carbocycles. The summed E-state index contributed by atoms with van der Waals surface area (Å²) in [6.07, 6.45) is 0.353. The van der Waals surface area contributed by atoms with E-state index < -0.39 is 29.7 Å². The van der Waals surface area contributed by atoms with Crippen LogP contribution in [0.5, 0.6) is 0 Å². The van der Waals surface area contributed by atoms with Crippen molar-refractivity contribution in [3.8, 4) is 0 Å². The van der Waals surface area contributed by atoms with E-state index in [2.05, 4.69) is 10.6 Å². The third kappa shape index (κ3) is 3.52. The first kappa shape index (κ1) is 18.5. The molecule has 29 heavy (non-hydrogen) atoms. The summed E-state index contributed by atoms with van der Waals surface area (Å²) in [5.74, 6) is -2.36. The van der Waals surface area contributed by atoms with E-state index in [1.807, 2.05) is 30.3 Å². The highest BCUT2D eigenvalue weighted by molar-refractivity contribution is 6.22. The van der Waals surface area contributed by atoms with Crippen LogP contribution < -0.4 is 10.6 Å². The Morgan fingerprint density at radius 1 is 1.00 bits per heavy atom. The van der Waals surface area contributed by atoms with Crippen molar-refractivity contribution in [1.82, 2.24) is 15.5 Å². The van der Waals surface area contributed by atoms with Crippen LogP contribution in [-0.2, 0) is 16.1 Å². The first-order valence-electron chi connectivity index (χ1n) is 9.13. The average molecular weight is 391 g/mol. The molecule has 2 heterocycles. The van der Waals surface area contributed by atoms with Crippen LogP contribution in [0.15, 0.2) is 48.5 Å². The molecule has 1 atom stereocenters. The summed E-state index contributed by atoms with van der Waals surface area (Å²) in [6.45, 7) is 0.144. The lowest BCUT2D eigenvalue weighted by molar-refractivity contribution is -0.134. The van der Waals surface area contributed by atoms with Gasteiger partial charge in [0.05, 0.1) is 17.7 Å². The van der Waals surface area contributed by atoms with Crippen molar-refractivity contribution < 1.29 is 24.0 Å². The Hall–Kier alpha value is -3.81. The Morgan fingerprint density at radius 2 is 1.72 bits per heavy atom. The van der Waals surface area contributed by atoms with E-state index >= 15 is 0 Å². The summed E-state index contributed by atoms with van der Waals surface area (Å²) in [4.78, 5) is 62.0. The summed E-state index contributed by atoms with van der Waals surface area (Å²) in [5.41, 5.74) is 1.37. The van der Waals surface area contributed by atoms with Gasteiger partial charge in [0.15, 0.2) is 0 Å². The van der Waals surface area contributed by atoms with Crippen molar-refractivity contribution >= 4 is 29.5 Å². The lowest BCUT2D eigenvalue weighted by Crippen LogP contribution is -2.52. The molecule has 0 bridgehead atoms. The predicted molar refractivity (Wildman–Crippen MR) is 101 cm³/mol. The highest BCUT2D eigenvalue weighted by Gasteiger charge is 2.36. The lowest BCUT2D eigenvalue weighted by Gasteiger charge is -2.21. The molecule has 1 unspecified atom stereocenters. The van der Waals surface area contributed by atoms with Crippen LogP contribution >= 0.6 is 0 Å². The molecular weight excluding hydrogens is 374 g/mol. The quantitative estimate of drug-likeness (QED) is 0.756. The molecule has 1 saturated heterocycles. The zero-order valence-electron chi connectivity index (χ0n) is 15.3. The molecule has 0 radical (unpaired) electrons. The smallest absolute Gasteiger partial charge is 0.261 e. The maximum Gasteiger partial charge on any atom is 0.261 e. The zero-order valence-corrected chi connectivity index (χ0v) is 15.3. The van der Waals surface area contributed by atoms with Gasteiger partial charge >= 0.3 is 0 Å². The van der Waals surface area contributed by atoms with Gasteiger partial charge in [0.2, 0.25) is 11.8 Å². The highest BCUT2D eigenvalue weighted by atomic mass is 16.2. The molecular formula is C21H17N3O5. The highest BCUT2D eigenvalue weighted by Crippen LogP contribution is 2.25. The first-order valence-corrected chi connectivity index (χ1v) is 9.13. The molecule has 2 aromatic rings. The minimum atomic E-state index is -0.819. The van der Waals surface area contributed by atoms with Gasteiger partial charge in [-0.3, -0.25) is 34.2 Å². The zero-order chi connectivity index (χ0) is 20.5. The molecule has 0 aliphatic carbocycles. The number of hydrogen-bond acceptors (Lipinski definition) is 5. The van der Waals surface area contributed by atoms with Gasteiger partial charge in [-0.25, -0.2) is 0 Å². The average Bonchev–Trinajstić information content (AvgIpc) is 2.95. The fourth-order valence-corrected chi connectivity index (χ4v) is 3.41. The van der Waals surface area contributed by atoms with Crippen LogP contribution in [-0.4, -0.2) is 40.5 Å². The van der Waals surface area contributed by atoms with Gasteiger partial charge in [-0.1, -0.05) is 30.3 Å². The molecule has 2 aliphatic rings. The Morgan fingerprint density at radius 3 is 2.45 bits per heavy atom. The molecule has 0 spiro atoms. The summed E-state index contributed by atoms with van der Waals surface area (Å²) in [6, 6.07) is 12.6. The Kier molecular flexibility index (Phi) is 4.67. The number of piperidine rings is 1. The minimum Gasteiger partial charge on any atom is -0.340 e. The van der Waals surface area contributed by atoms with Crippen LogP contribution in [0.25, 0.3) is 0 Å². The maximum atomic E-state index is 12.7. The Bertz CT molecular complexity index is 1050. The second-order valence-electron chi connectivity index (χ2n) is 6.92. The van der Waals surface area contributed by atoms with Crippen molar-refractivity contribution in [2.24, 2.45) is 0 Å². The summed E-state index contributed by atoms with van der Waals surface area (Å²) >= 11 is 0. The van der Waals surface area contributed by atoms with Gasteiger partial charge in [-0.2, -0.15) is 0 Å². The van der Waals surface area contributed by atoms with Gasteiger partial charge in [0, 0.05) is 12.0 Å². The van der Waals surface area contributed by atoms with Gasteiger partial charge in [-0.15, -0.1) is 0 Å². The minimum absolute atomic E-state index is 0.141. The third-order valence-corrected chi connectivity index (χ3v) is 4.96. The molecule has 0 aromatic heterocycles. The van der Waals surface area contributed by atoms with Crippen molar-refractivity contribution in [2.45, 2.75) is 25.4 Å². The largest absolute Gasteiger partial charge is 0.340 e. The Labute approximate surface area is 165 Å². The van der Waals surface area contributed by atoms with Crippen LogP contribution in [0.2, 0.25) is 0 Å². The second kappa shape index (κ2) is 7.31.